The van der Waals surface area contributed by atoms with Gasteiger partial charge in [-0.3, -0.25) is 4.79 Å². The number of rotatable bonds is 8. The summed E-state index contributed by atoms with van der Waals surface area (Å²) in [7, 11) is 0. The molecule has 0 aliphatic heterocycles. The third-order valence-electron chi connectivity index (χ3n) is 3.49. The zero-order valence-corrected chi connectivity index (χ0v) is 15.6. The maximum atomic E-state index is 12.1. The first-order chi connectivity index (χ1) is 12.0. The molecule has 0 aliphatic rings. The highest BCUT2D eigenvalue weighted by Gasteiger charge is 2.22. The fraction of sp³-hybridized carbons (Fsp3) is 0.353. The van der Waals surface area contributed by atoms with Crippen LogP contribution < -0.4 is 0 Å². The van der Waals surface area contributed by atoms with Gasteiger partial charge in [0.05, 0.1) is 11.8 Å². The smallest absolute Gasteiger partial charge is 0.191 e. The summed E-state index contributed by atoms with van der Waals surface area (Å²) in [5.41, 5.74) is 0.957. The van der Waals surface area contributed by atoms with Crippen molar-refractivity contribution < 1.29 is 4.79 Å². The Labute approximate surface area is 155 Å². The lowest BCUT2D eigenvalue weighted by Gasteiger charge is -2.09. The molecular weight excluding hydrogens is 358 g/mol. The van der Waals surface area contributed by atoms with E-state index in [9.17, 15) is 4.79 Å². The van der Waals surface area contributed by atoms with Crippen LogP contribution in [-0.2, 0) is 11.3 Å². The van der Waals surface area contributed by atoms with Crippen LogP contribution >= 0.6 is 23.4 Å². The monoisotopic (exact) mass is 375 g/mol. The molecule has 1 atom stereocenters. The van der Waals surface area contributed by atoms with Crippen molar-refractivity contribution >= 4 is 34.9 Å². The van der Waals surface area contributed by atoms with Crippen molar-refractivity contribution in [2.24, 2.45) is 5.92 Å². The van der Waals surface area contributed by atoms with Crippen LogP contribution in [0.3, 0.4) is 0 Å². The Balaban J connectivity index is 2.21. The molecule has 0 spiro atoms. The van der Waals surface area contributed by atoms with Crippen molar-refractivity contribution in [3.05, 3.63) is 29.3 Å². The summed E-state index contributed by atoms with van der Waals surface area (Å²) < 4.78 is 1.96. The van der Waals surface area contributed by atoms with E-state index in [4.69, 9.17) is 22.3 Å². The van der Waals surface area contributed by atoms with Crippen LogP contribution in [0.5, 0.6) is 0 Å². The maximum absolute atomic E-state index is 12.1. The molecule has 2 rings (SSSR count). The molecule has 1 heterocycles. The molecule has 130 valence electrons. The number of halogens is 1. The van der Waals surface area contributed by atoms with E-state index in [1.807, 2.05) is 22.8 Å². The minimum Gasteiger partial charge on any atom is -0.308 e. The number of thioether (sulfide) groups is 1. The van der Waals surface area contributed by atoms with Crippen LogP contribution in [0.2, 0.25) is 5.02 Å². The SMILES string of the molecule is CCCn1c(SCC(=O)[C@H](C#N)C(C)=N)nnc1-c1ccc(Cl)cc1. The van der Waals surface area contributed by atoms with Gasteiger partial charge in [-0.2, -0.15) is 5.26 Å². The normalized spacial score (nSPS) is 11.8. The number of nitrogens with zero attached hydrogens (tertiary/aromatic N) is 4. The number of hydrogen-bond acceptors (Lipinski definition) is 6. The van der Waals surface area contributed by atoms with Gasteiger partial charge >= 0.3 is 0 Å². The van der Waals surface area contributed by atoms with E-state index in [1.54, 1.807) is 12.1 Å². The van der Waals surface area contributed by atoms with E-state index in [0.29, 0.717) is 22.5 Å². The highest BCUT2D eigenvalue weighted by atomic mass is 35.5. The number of Topliss-reactive ketones (excluding diaryl/α,β-unsaturated/α-hetero) is 1. The first-order valence-electron chi connectivity index (χ1n) is 7.77. The maximum Gasteiger partial charge on any atom is 0.191 e. The van der Waals surface area contributed by atoms with Crippen molar-refractivity contribution in [2.75, 3.05) is 5.75 Å². The summed E-state index contributed by atoms with van der Waals surface area (Å²) in [6.45, 7) is 4.23. The van der Waals surface area contributed by atoms with Crippen molar-refractivity contribution in [2.45, 2.75) is 32.0 Å². The molecule has 25 heavy (non-hydrogen) atoms. The summed E-state index contributed by atoms with van der Waals surface area (Å²) in [5.74, 6) is -0.491. The molecule has 6 nitrogen and oxygen atoms in total. The summed E-state index contributed by atoms with van der Waals surface area (Å²) in [6.07, 6.45) is 0.889. The van der Waals surface area contributed by atoms with Gasteiger partial charge in [-0.1, -0.05) is 30.3 Å². The molecule has 1 aromatic heterocycles. The van der Waals surface area contributed by atoms with Gasteiger partial charge in [0.2, 0.25) is 0 Å². The zero-order chi connectivity index (χ0) is 18.4. The van der Waals surface area contributed by atoms with Gasteiger partial charge in [0.1, 0.15) is 5.92 Å². The largest absolute Gasteiger partial charge is 0.308 e. The number of benzene rings is 1. The van der Waals surface area contributed by atoms with Gasteiger partial charge in [0, 0.05) is 22.8 Å². The summed E-state index contributed by atoms with van der Waals surface area (Å²) >= 11 is 7.17. The molecule has 0 fully saturated rings. The van der Waals surface area contributed by atoms with E-state index in [2.05, 4.69) is 17.1 Å². The van der Waals surface area contributed by atoms with E-state index in [-0.39, 0.29) is 17.2 Å². The Bertz CT molecular complexity index is 809. The molecule has 0 unspecified atom stereocenters. The average molecular weight is 376 g/mol. The van der Waals surface area contributed by atoms with Crippen LogP contribution in [0, 0.1) is 22.7 Å². The molecule has 0 aliphatic carbocycles. The number of carbonyl (C=O) groups is 1. The predicted molar refractivity (Wildman–Crippen MR) is 99.0 cm³/mol. The summed E-state index contributed by atoms with van der Waals surface area (Å²) in [4.78, 5) is 12.1. The van der Waals surface area contributed by atoms with Crippen LogP contribution in [-0.4, -0.2) is 32.0 Å². The van der Waals surface area contributed by atoms with Crippen LogP contribution in [0.4, 0.5) is 0 Å². The predicted octanol–water partition coefficient (Wildman–Crippen LogP) is 3.85. The molecular formula is C17H18ClN5OS. The van der Waals surface area contributed by atoms with Gasteiger partial charge in [-0.25, -0.2) is 0 Å². The van der Waals surface area contributed by atoms with Crippen LogP contribution in [0.1, 0.15) is 20.3 Å². The van der Waals surface area contributed by atoms with Gasteiger partial charge in [-0.15, -0.1) is 10.2 Å². The Hall–Kier alpha value is -2.17. The van der Waals surface area contributed by atoms with Crippen molar-refractivity contribution in [1.29, 1.82) is 10.7 Å². The van der Waals surface area contributed by atoms with Crippen molar-refractivity contribution in [3.63, 3.8) is 0 Å². The lowest BCUT2D eigenvalue weighted by atomic mass is 10.0. The second-order valence-corrected chi connectivity index (χ2v) is 6.84. The second-order valence-electron chi connectivity index (χ2n) is 5.46. The van der Waals surface area contributed by atoms with Crippen LogP contribution in [0.25, 0.3) is 11.4 Å². The highest BCUT2D eigenvalue weighted by molar-refractivity contribution is 7.99. The first-order valence-corrected chi connectivity index (χ1v) is 9.13. The molecule has 0 radical (unpaired) electrons. The Morgan fingerprint density at radius 1 is 1.40 bits per heavy atom. The second kappa shape index (κ2) is 8.79. The lowest BCUT2D eigenvalue weighted by Crippen LogP contribution is -2.21. The van der Waals surface area contributed by atoms with Crippen LogP contribution in [0.15, 0.2) is 29.4 Å². The fourth-order valence-corrected chi connectivity index (χ4v) is 3.26. The Morgan fingerprint density at radius 2 is 2.08 bits per heavy atom. The van der Waals surface area contributed by atoms with Gasteiger partial charge in [0.15, 0.2) is 16.8 Å². The average Bonchev–Trinajstić information content (AvgIpc) is 2.97. The molecule has 0 amide bonds. The molecule has 0 bridgehead atoms. The molecule has 0 saturated heterocycles. The van der Waals surface area contributed by atoms with E-state index < -0.39 is 5.92 Å². The molecule has 2 aromatic rings. The standard InChI is InChI=1S/C17H18ClN5OS/c1-3-8-23-16(12-4-6-13(18)7-5-12)21-22-17(23)25-10-15(24)14(9-19)11(2)20/h4-7,14,20H,3,8,10H2,1-2H3/t14-/m1/s1. The first kappa shape index (κ1) is 19.2. The topological polar surface area (TPSA) is 95.4 Å². The van der Waals surface area contributed by atoms with E-state index in [1.165, 1.54) is 18.7 Å². The number of nitriles is 1. The number of carbonyl (C=O) groups excluding carboxylic acids is 1. The number of hydrogen-bond donors (Lipinski definition) is 1. The highest BCUT2D eigenvalue weighted by Crippen LogP contribution is 2.26. The molecule has 8 heteroatoms. The molecule has 0 saturated carbocycles. The lowest BCUT2D eigenvalue weighted by molar-refractivity contribution is -0.117. The molecule has 1 aromatic carbocycles. The Kier molecular flexibility index (Phi) is 6.73. The fourth-order valence-electron chi connectivity index (χ4n) is 2.26. The summed E-state index contributed by atoms with van der Waals surface area (Å²) in [5, 5.41) is 26.2. The molecule has 1 N–H and O–H groups in total. The minimum absolute atomic E-state index is 0.0602. The third-order valence-corrected chi connectivity index (χ3v) is 4.74. The number of nitrogens with one attached hydrogen (secondary N) is 1. The minimum atomic E-state index is -0.995. The zero-order valence-electron chi connectivity index (χ0n) is 14.0. The third kappa shape index (κ3) is 4.68. The Morgan fingerprint density at radius 3 is 2.64 bits per heavy atom. The number of aromatic nitrogens is 3. The van der Waals surface area contributed by atoms with Crippen molar-refractivity contribution in [3.8, 4) is 17.5 Å². The van der Waals surface area contributed by atoms with E-state index >= 15 is 0 Å². The number of ketones is 1. The van der Waals surface area contributed by atoms with E-state index in [0.717, 1.165) is 12.0 Å². The van der Waals surface area contributed by atoms with Gasteiger partial charge < -0.3 is 9.98 Å². The van der Waals surface area contributed by atoms with Gasteiger partial charge in [0.25, 0.3) is 0 Å². The summed E-state index contributed by atoms with van der Waals surface area (Å²) in [6, 6.07) is 9.21. The quantitative estimate of drug-likeness (QED) is 0.558. The van der Waals surface area contributed by atoms with Crippen molar-refractivity contribution in [1.82, 2.24) is 14.8 Å². The van der Waals surface area contributed by atoms with Gasteiger partial charge in [-0.05, 0) is 37.6 Å².